The molecule has 30 heavy (non-hydrogen) atoms. The molecular weight excluding hydrogens is 374 g/mol. The van der Waals surface area contributed by atoms with E-state index in [1.165, 1.54) is 4.90 Å². The lowest BCUT2D eigenvalue weighted by molar-refractivity contribution is -0.133. The molecule has 1 unspecified atom stereocenters. The van der Waals surface area contributed by atoms with Crippen LogP contribution in [0.15, 0.2) is 91.1 Å². The minimum atomic E-state index is -0.714. The van der Waals surface area contributed by atoms with E-state index in [2.05, 4.69) is 10.3 Å². The van der Waals surface area contributed by atoms with Crippen LogP contribution in [0.1, 0.15) is 22.7 Å². The van der Waals surface area contributed by atoms with Crippen LogP contribution in [0.4, 0.5) is 0 Å². The Morgan fingerprint density at radius 3 is 2.33 bits per heavy atom. The summed E-state index contributed by atoms with van der Waals surface area (Å²) >= 11 is 0. The minimum Gasteiger partial charge on any atom is -0.361 e. The summed E-state index contributed by atoms with van der Waals surface area (Å²) in [6.07, 6.45) is 2.65. The predicted molar refractivity (Wildman–Crippen MR) is 117 cm³/mol. The van der Waals surface area contributed by atoms with Gasteiger partial charge in [0.25, 0.3) is 0 Å². The van der Waals surface area contributed by atoms with Gasteiger partial charge in [0, 0.05) is 30.2 Å². The molecule has 0 saturated heterocycles. The zero-order valence-corrected chi connectivity index (χ0v) is 16.5. The number of carbonyl (C=O) groups excluding carboxylic acids is 2. The molecule has 0 aliphatic rings. The van der Waals surface area contributed by atoms with Gasteiger partial charge in [-0.05, 0) is 22.8 Å². The molecule has 0 spiro atoms. The van der Waals surface area contributed by atoms with Gasteiger partial charge in [-0.1, -0.05) is 78.9 Å². The third kappa shape index (κ3) is 4.25. The van der Waals surface area contributed by atoms with Crippen molar-refractivity contribution in [2.24, 2.45) is 0 Å². The Kier molecular flexibility index (Phi) is 5.90. The van der Waals surface area contributed by atoms with Crippen molar-refractivity contribution in [3.8, 4) is 0 Å². The average Bonchev–Trinajstić information content (AvgIpc) is 3.22. The Balaban J connectivity index is 1.57. The zero-order chi connectivity index (χ0) is 20.8. The summed E-state index contributed by atoms with van der Waals surface area (Å²) in [5.74, 6) is -0.213. The second-order valence-corrected chi connectivity index (χ2v) is 7.15. The molecule has 1 atom stereocenters. The second-order valence-electron chi connectivity index (χ2n) is 7.15. The molecule has 1 heterocycles. The van der Waals surface area contributed by atoms with E-state index in [9.17, 15) is 9.59 Å². The van der Waals surface area contributed by atoms with Gasteiger partial charge in [-0.2, -0.15) is 0 Å². The number of nitrogens with one attached hydrogen (secondary N) is 2. The topological polar surface area (TPSA) is 65.2 Å². The molecule has 0 aliphatic carbocycles. The van der Waals surface area contributed by atoms with Crippen LogP contribution in [0.5, 0.6) is 0 Å². The highest BCUT2D eigenvalue weighted by molar-refractivity contribution is 5.87. The smallest absolute Gasteiger partial charge is 0.247 e. The summed E-state index contributed by atoms with van der Waals surface area (Å²) in [7, 11) is 0. The molecule has 5 heteroatoms. The Labute approximate surface area is 175 Å². The fourth-order valence-corrected chi connectivity index (χ4v) is 3.67. The summed E-state index contributed by atoms with van der Waals surface area (Å²) in [6, 6.07) is 26.3. The SMILES string of the molecule is O=CN(Cc1ccccc1)C(C(=O)NCc1c[nH]c2ccccc12)c1ccccc1. The number of hydrogen-bond donors (Lipinski definition) is 2. The van der Waals surface area contributed by atoms with Gasteiger partial charge in [0.2, 0.25) is 12.3 Å². The van der Waals surface area contributed by atoms with Gasteiger partial charge >= 0.3 is 0 Å². The number of aromatic amines is 1. The van der Waals surface area contributed by atoms with Crippen LogP contribution in [-0.2, 0) is 22.7 Å². The van der Waals surface area contributed by atoms with E-state index < -0.39 is 6.04 Å². The van der Waals surface area contributed by atoms with Crippen LogP contribution in [0.2, 0.25) is 0 Å². The van der Waals surface area contributed by atoms with Crippen LogP contribution in [0.3, 0.4) is 0 Å². The number of aromatic nitrogens is 1. The summed E-state index contributed by atoms with van der Waals surface area (Å²) in [5.41, 5.74) is 3.78. The summed E-state index contributed by atoms with van der Waals surface area (Å²) < 4.78 is 0. The molecule has 0 aliphatic heterocycles. The molecular formula is C25H23N3O2. The number of amides is 2. The van der Waals surface area contributed by atoms with Crippen molar-refractivity contribution >= 4 is 23.2 Å². The number of hydrogen-bond acceptors (Lipinski definition) is 2. The van der Waals surface area contributed by atoms with Crippen LogP contribution in [0, 0.1) is 0 Å². The molecule has 5 nitrogen and oxygen atoms in total. The van der Waals surface area contributed by atoms with Gasteiger partial charge in [0.1, 0.15) is 6.04 Å². The maximum atomic E-state index is 13.2. The number of nitrogens with zero attached hydrogens (tertiary/aromatic N) is 1. The molecule has 2 amide bonds. The van der Waals surface area contributed by atoms with Crippen LogP contribution >= 0.6 is 0 Å². The molecule has 2 N–H and O–H groups in total. The van der Waals surface area contributed by atoms with Gasteiger partial charge in [-0.15, -0.1) is 0 Å². The predicted octanol–water partition coefficient (Wildman–Crippen LogP) is 4.18. The first-order chi connectivity index (χ1) is 14.8. The van der Waals surface area contributed by atoms with Crippen LogP contribution < -0.4 is 5.32 Å². The van der Waals surface area contributed by atoms with Crippen molar-refractivity contribution in [2.75, 3.05) is 0 Å². The first kappa shape index (κ1) is 19.5. The molecule has 150 valence electrons. The highest BCUT2D eigenvalue weighted by Gasteiger charge is 2.27. The van der Waals surface area contributed by atoms with Crippen molar-refractivity contribution in [3.05, 3.63) is 108 Å². The van der Waals surface area contributed by atoms with E-state index in [0.29, 0.717) is 13.1 Å². The van der Waals surface area contributed by atoms with E-state index in [0.717, 1.165) is 34.0 Å². The first-order valence-corrected chi connectivity index (χ1v) is 9.89. The van der Waals surface area contributed by atoms with Crippen molar-refractivity contribution in [3.63, 3.8) is 0 Å². The standard InChI is InChI=1S/C25H23N3O2/c29-18-28(17-19-9-3-1-4-10-19)24(20-11-5-2-6-12-20)25(30)27-16-21-15-26-23-14-8-7-13-22(21)23/h1-15,18,24,26H,16-17H2,(H,27,30). The van der Waals surface area contributed by atoms with Crippen molar-refractivity contribution < 1.29 is 9.59 Å². The maximum absolute atomic E-state index is 13.2. The number of rotatable bonds is 8. The number of carbonyl (C=O) groups is 2. The zero-order valence-electron chi connectivity index (χ0n) is 16.5. The fraction of sp³-hybridized carbons (Fsp3) is 0.120. The van der Waals surface area contributed by atoms with Gasteiger partial charge < -0.3 is 15.2 Å². The highest BCUT2D eigenvalue weighted by Crippen LogP contribution is 2.23. The lowest BCUT2D eigenvalue weighted by atomic mass is 10.0. The van der Waals surface area contributed by atoms with E-state index in [-0.39, 0.29) is 5.91 Å². The Bertz CT molecular complexity index is 1120. The Hall–Kier alpha value is -3.86. The third-order valence-electron chi connectivity index (χ3n) is 5.17. The van der Waals surface area contributed by atoms with Crippen molar-refractivity contribution in [1.29, 1.82) is 0 Å². The molecule has 0 radical (unpaired) electrons. The number of H-pyrrole nitrogens is 1. The molecule has 4 rings (SSSR count). The van der Waals surface area contributed by atoms with Gasteiger partial charge in [-0.25, -0.2) is 0 Å². The van der Waals surface area contributed by atoms with E-state index >= 15 is 0 Å². The largest absolute Gasteiger partial charge is 0.361 e. The lowest BCUT2D eigenvalue weighted by Crippen LogP contribution is -2.39. The van der Waals surface area contributed by atoms with Gasteiger partial charge in [0.15, 0.2) is 0 Å². The first-order valence-electron chi connectivity index (χ1n) is 9.89. The summed E-state index contributed by atoms with van der Waals surface area (Å²) in [6.45, 7) is 0.731. The van der Waals surface area contributed by atoms with Crippen molar-refractivity contribution in [2.45, 2.75) is 19.1 Å². The third-order valence-corrected chi connectivity index (χ3v) is 5.17. The maximum Gasteiger partial charge on any atom is 0.247 e. The average molecular weight is 397 g/mol. The Morgan fingerprint density at radius 2 is 1.60 bits per heavy atom. The second kappa shape index (κ2) is 9.09. The number of benzene rings is 3. The van der Waals surface area contributed by atoms with Gasteiger partial charge in [-0.3, -0.25) is 9.59 Å². The highest BCUT2D eigenvalue weighted by atomic mass is 16.2. The minimum absolute atomic E-state index is 0.213. The Morgan fingerprint density at radius 1 is 0.933 bits per heavy atom. The van der Waals surface area contributed by atoms with Crippen LogP contribution in [-0.4, -0.2) is 22.2 Å². The molecule has 0 bridgehead atoms. The van der Waals surface area contributed by atoms with Crippen LogP contribution in [0.25, 0.3) is 10.9 Å². The van der Waals surface area contributed by atoms with E-state index in [1.54, 1.807) is 0 Å². The molecule has 1 aromatic heterocycles. The molecule has 0 fully saturated rings. The monoisotopic (exact) mass is 397 g/mol. The fourth-order valence-electron chi connectivity index (χ4n) is 3.67. The molecule has 0 saturated carbocycles. The summed E-state index contributed by atoms with van der Waals surface area (Å²) in [5, 5.41) is 4.09. The summed E-state index contributed by atoms with van der Waals surface area (Å²) in [4.78, 5) is 30.0. The normalized spacial score (nSPS) is 11.7. The molecule has 4 aromatic rings. The molecule has 3 aromatic carbocycles. The lowest BCUT2D eigenvalue weighted by Gasteiger charge is -2.28. The number of fused-ring (bicyclic) bond motifs is 1. The quantitative estimate of drug-likeness (QED) is 0.438. The number of para-hydroxylation sites is 1. The van der Waals surface area contributed by atoms with Crippen molar-refractivity contribution in [1.82, 2.24) is 15.2 Å². The van der Waals surface area contributed by atoms with Gasteiger partial charge in [0.05, 0.1) is 0 Å². The van der Waals surface area contributed by atoms with E-state index in [1.807, 2.05) is 91.1 Å². The van der Waals surface area contributed by atoms with E-state index in [4.69, 9.17) is 0 Å².